The molecule has 13 heavy (non-hydrogen) atoms. The van der Waals surface area contributed by atoms with E-state index in [-0.39, 0.29) is 5.96 Å². The lowest BCUT2D eigenvalue weighted by Crippen LogP contribution is -2.28. The number of aliphatic hydroxyl groups excluding tert-OH is 1. The molecule has 0 radical (unpaired) electrons. The lowest BCUT2D eigenvalue weighted by molar-refractivity contribution is 0.188. The zero-order valence-corrected chi connectivity index (χ0v) is 7.36. The molecule has 1 atom stereocenters. The summed E-state index contributed by atoms with van der Waals surface area (Å²) in [4.78, 5) is 3.80. The molecule has 5 heteroatoms. The minimum Gasteiger partial charge on any atom is -0.370 e. The van der Waals surface area contributed by atoms with Crippen molar-refractivity contribution in [1.82, 2.24) is 4.57 Å². The van der Waals surface area contributed by atoms with Gasteiger partial charge in [-0.25, -0.2) is 4.99 Å². The van der Waals surface area contributed by atoms with Gasteiger partial charge in [-0.3, -0.25) is 0 Å². The molecule has 0 bridgehead atoms. The number of aryl methyl sites for hydroxylation is 1. The Morgan fingerprint density at radius 1 is 1.77 bits per heavy atom. The van der Waals surface area contributed by atoms with Gasteiger partial charge in [0.1, 0.15) is 5.82 Å². The molecule has 1 aliphatic rings. The number of fused-ring (bicyclic) bond motifs is 1. The first-order valence-corrected chi connectivity index (χ1v) is 4.19. The Labute approximate surface area is 75.9 Å². The van der Waals surface area contributed by atoms with Gasteiger partial charge in [-0.2, -0.15) is 0 Å². The highest BCUT2D eigenvalue weighted by Crippen LogP contribution is 2.28. The summed E-state index contributed by atoms with van der Waals surface area (Å²) in [7, 11) is 0. The number of rotatable bonds is 1. The molecule has 1 unspecified atom stereocenters. The third kappa shape index (κ3) is 1.17. The van der Waals surface area contributed by atoms with E-state index < -0.39 is 6.23 Å². The van der Waals surface area contributed by atoms with Gasteiger partial charge in [-0.15, -0.1) is 0 Å². The highest BCUT2D eigenvalue weighted by Gasteiger charge is 2.20. The van der Waals surface area contributed by atoms with E-state index in [4.69, 9.17) is 5.73 Å². The molecule has 2 rings (SSSR count). The molecular formula is C8H12N4O. The molecule has 0 aromatic carbocycles. The number of aromatic nitrogens is 1. The molecular weight excluding hydrogens is 168 g/mol. The third-order valence-electron chi connectivity index (χ3n) is 2.12. The van der Waals surface area contributed by atoms with E-state index in [1.807, 2.05) is 23.8 Å². The Morgan fingerprint density at radius 2 is 2.54 bits per heavy atom. The fourth-order valence-electron chi connectivity index (χ4n) is 1.46. The lowest BCUT2D eigenvalue weighted by atomic mass is 10.2. The van der Waals surface area contributed by atoms with E-state index in [1.165, 1.54) is 0 Å². The van der Waals surface area contributed by atoms with E-state index in [0.29, 0.717) is 0 Å². The van der Waals surface area contributed by atoms with E-state index in [9.17, 15) is 5.11 Å². The van der Waals surface area contributed by atoms with Gasteiger partial charge in [0, 0.05) is 18.3 Å². The first-order valence-electron chi connectivity index (χ1n) is 4.19. The fraction of sp³-hybridized carbons (Fsp3) is 0.375. The molecule has 1 aliphatic heterocycles. The van der Waals surface area contributed by atoms with Crippen molar-refractivity contribution in [3.63, 3.8) is 0 Å². The largest absolute Gasteiger partial charge is 0.370 e. The van der Waals surface area contributed by atoms with Crippen molar-refractivity contribution in [2.24, 2.45) is 10.7 Å². The smallest absolute Gasteiger partial charge is 0.197 e. The highest BCUT2D eigenvalue weighted by atomic mass is 16.3. The second-order valence-electron chi connectivity index (χ2n) is 2.92. The minimum atomic E-state index is -0.830. The Balaban J connectivity index is 2.46. The predicted octanol–water partition coefficient (Wildman–Crippen LogP) is 0.239. The second kappa shape index (κ2) is 2.77. The molecule has 5 nitrogen and oxygen atoms in total. The molecule has 0 saturated heterocycles. The number of nitrogens with two attached hydrogens (primary N) is 1. The quantitative estimate of drug-likeness (QED) is 0.579. The molecule has 1 aromatic rings. The molecule has 70 valence electrons. The van der Waals surface area contributed by atoms with Crippen LogP contribution in [0.2, 0.25) is 0 Å². The van der Waals surface area contributed by atoms with Crippen LogP contribution in [0.1, 0.15) is 18.7 Å². The summed E-state index contributed by atoms with van der Waals surface area (Å²) in [6.45, 7) is 2.86. The van der Waals surface area contributed by atoms with Crippen LogP contribution in [0.5, 0.6) is 0 Å². The summed E-state index contributed by atoms with van der Waals surface area (Å²) < 4.78 is 1.97. The van der Waals surface area contributed by atoms with Gasteiger partial charge < -0.3 is 20.7 Å². The molecule has 0 amide bonds. The van der Waals surface area contributed by atoms with Crippen molar-refractivity contribution in [3.8, 4) is 0 Å². The second-order valence-corrected chi connectivity index (χ2v) is 2.92. The lowest BCUT2D eigenvalue weighted by Gasteiger charge is -2.18. The van der Waals surface area contributed by atoms with Crippen LogP contribution in [0, 0.1) is 0 Å². The first kappa shape index (κ1) is 8.12. The summed E-state index contributed by atoms with van der Waals surface area (Å²) in [5.74, 6) is 1.09. The van der Waals surface area contributed by atoms with Crippen molar-refractivity contribution in [2.75, 3.05) is 5.32 Å². The number of nitrogens with one attached hydrogen (secondary N) is 1. The Kier molecular flexibility index (Phi) is 1.73. The summed E-state index contributed by atoms with van der Waals surface area (Å²) in [6, 6.07) is 1.84. The van der Waals surface area contributed by atoms with Crippen LogP contribution in [-0.4, -0.2) is 15.6 Å². The number of aliphatic imine (C=N–C) groups is 1. The van der Waals surface area contributed by atoms with E-state index in [0.717, 1.165) is 17.9 Å². The van der Waals surface area contributed by atoms with Crippen LogP contribution in [0.25, 0.3) is 0 Å². The number of hydrogen-bond donors (Lipinski definition) is 3. The van der Waals surface area contributed by atoms with Gasteiger partial charge in [-0.05, 0) is 13.0 Å². The average Bonchev–Trinajstić information content (AvgIpc) is 2.47. The monoisotopic (exact) mass is 180 g/mol. The third-order valence-corrected chi connectivity index (χ3v) is 2.12. The zero-order chi connectivity index (χ0) is 9.42. The van der Waals surface area contributed by atoms with Crippen molar-refractivity contribution in [3.05, 3.63) is 17.8 Å². The number of guanidine groups is 1. The normalized spacial score (nSPS) is 20.5. The SMILES string of the molecule is CCn1ccc2c1NC(N)=NC2O. The maximum atomic E-state index is 9.52. The van der Waals surface area contributed by atoms with Crippen molar-refractivity contribution in [2.45, 2.75) is 19.7 Å². The predicted molar refractivity (Wildman–Crippen MR) is 50.3 cm³/mol. The number of hydrogen-bond acceptors (Lipinski definition) is 4. The van der Waals surface area contributed by atoms with Gasteiger partial charge in [-0.1, -0.05) is 0 Å². The standard InChI is InChI=1S/C8H12N4O/c1-2-12-4-3-5-6(12)10-8(9)11-7(5)13/h3-4,7,13H,2H2,1H3,(H3,9,10,11). The molecule has 4 N–H and O–H groups in total. The molecule has 0 aliphatic carbocycles. The minimum absolute atomic E-state index is 0.258. The van der Waals surface area contributed by atoms with Crippen LogP contribution in [0.4, 0.5) is 5.82 Å². The van der Waals surface area contributed by atoms with Gasteiger partial charge >= 0.3 is 0 Å². The Morgan fingerprint density at radius 3 is 3.23 bits per heavy atom. The molecule has 0 saturated carbocycles. The van der Waals surface area contributed by atoms with Gasteiger partial charge in [0.15, 0.2) is 12.2 Å². The number of anilines is 1. The van der Waals surface area contributed by atoms with Gasteiger partial charge in [0.25, 0.3) is 0 Å². The van der Waals surface area contributed by atoms with Gasteiger partial charge in [0.05, 0.1) is 0 Å². The summed E-state index contributed by atoms with van der Waals surface area (Å²) >= 11 is 0. The highest BCUT2D eigenvalue weighted by molar-refractivity contribution is 5.94. The topological polar surface area (TPSA) is 75.6 Å². The summed E-state index contributed by atoms with van der Waals surface area (Å²) in [5.41, 5.74) is 6.26. The Bertz CT molecular complexity index is 355. The summed E-state index contributed by atoms with van der Waals surface area (Å²) in [6.07, 6.45) is 1.07. The Hall–Kier alpha value is -1.49. The maximum Gasteiger partial charge on any atom is 0.197 e. The molecule has 0 spiro atoms. The van der Waals surface area contributed by atoms with Crippen molar-refractivity contribution < 1.29 is 5.11 Å². The van der Waals surface area contributed by atoms with Crippen LogP contribution in [-0.2, 0) is 6.54 Å². The van der Waals surface area contributed by atoms with Crippen LogP contribution in [0.15, 0.2) is 17.3 Å². The molecule has 1 aromatic heterocycles. The summed E-state index contributed by atoms with van der Waals surface area (Å²) in [5, 5.41) is 12.4. The van der Waals surface area contributed by atoms with E-state index in [1.54, 1.807) is 0 Å². The van der Waals surface area contributed by atoms with Gasteiger partial charge in [0.2, 0.25) is 0 Å². The first-order chi connectivity index (χ1) is 6.22. The van der Waals surface area contributed by atoms with E-state index >= 15 is 0 Å². The molecule has 0 fully saturated rings. The van der Waals surface area contributed by atoms with Crippen molar-refractivity contribution in [1.29, 1.82) is 0 Å². The van der Waals surface area contributed by atoms with Crippen LogP contribution in [0.3, 0.4) is 0 Å². The number of aliphatic hydroxyl groups is 1. The van der Waals surface area contributed by atoms with Crippen LogP contribution >= 0.6 is 0 Å². The maximum absolute atomic E-state index is 9.52. The van der Waals surface area contributed by atoms with Crippen LogP contribution < -0.4 is 11.1 Å². The number of nitrogens with zero attached hydrogens (tertiary/aromatic N) is 2. The fourth-order valence-corrected chi connectivity index (χ4v) is 1.46. The molecule has 2 heterocycles. The average molecular weight is 180 g/mol. The van der Waals surface area contributed by atoms with E-state index in [2.05, 4.69) is 10.3 Å². The van der Waals surface area contributed by atoms with Crippen molar-refractivity contribution >= 4 is 11.8 Å². The zero-order valence-electron chi connectivity index (χ0n) is 7.36.